The summed E-state index contributed by atoms with van der Waals surface area (Å²) in [7, 11) is 1.83. The Morgan fingerprint density at radius 3 is 2.65 bits per heavy atom. The maximum atomic E-state index is 4.34. The van der Waals surface area contributed by atoms with Crippen LogP contribution in [0.3, 0.4) is 0 Å². The summed E-state index contributed by atoms with van der Waals surface area (Å²) in [6, 6.07) is 7.20. The highest BCUT2D eigenvalue weighted by Gasteiger charge is 2.21. The van der Waals surface area contributed by atoms with E-state index in [-0.39, 0.29) is 24.0 Å². The molecule has 1 fully saturated rings. The molecule has 2 rings (SSSR count). The zero-order valence-electron chi connectivity index (χ0n) is 14.5. The fourth-order valence-corrected chi connectivity index (χ4v) is 2.80. The molecule has 1 saturated heterocycles. The molecule has 1 aromatic heterocycles. The lowest BCUT2D eigenvalue weighted by Crippen LogP contribution is -2.50. The lowest BCUT2D eigenvalue weighted by atomic mass is 10.0. The van der Waals surface area contributed by atoms with E-state index in [1.807, 2.05) is 25.4 Å². The molecule has 0 spiro atoms. The second-order valence-electron chi connectivity index (χ2n) is 6.12. The highest BCUT2D eigenvalue weighted by atomic mass is 127. The number of nitrogens with zero attached hydrogens (tertiary/aromatic N) is 3. The zero-order valence-corrected chi connectivity index (χ0v) is 16.8. The highest BCUT2D eigenvalue weighted by molar-refractivity contribution is 14.0. The average molecular weight is 431 g/mol. The molecule has 6 heteroatoms. The number of halogens is 1. The van der Waals surface area contributed by atoms with Crippen molar-refractivity contribution in [1.82, 2.24) is 20.5 Å². The van der Waals surface area contributed by atoms with Gasteiger partial charge in [0.05, 0.1) is 0 Å². The van der Waals surface area contributed by atoms with Gasteiger partial charge in [0.15, 0.2) is 5.96 Å². The Balaban J connectivity index is 0.00000264. The van der Waals surface area contributed by atoms with Gasteiger partial charge >= 0.3 is 0 Å². The van der Waals surface area contributed by atoms with Crippen LogP contribution in [0.4, 0.5) is 0 Å². The van der Waals surface area contributed by atoms with E-state index in [0.29, 0.717) is 12.1 Å². The largest absolute Gasteiger partial charge is 0.356 e. The van der Waals surface area contributed by atoms with Crippen molar-refractivity contribution in [2.75, 3.05) is 26.7 Å². The second-order valence-corrected chi connectivity index (χ2v) is 6.12. The third-order valence-corrected chi connectivity index (χ3v) is 4.22. The van der Waals surface area contributed by atoms with Crippen molar-refractivity contribution in [3.63, 3.8) is 0 Å². The summed E-state index contributed by atoms with van der Waals surface area (Å²) in [6.07, 6.45) is 5.11. The van der Waals surface area contributed by atoms with Crippen LogP contribution in [0.2, 0.25) is 0 Å². The van der Waals surface area contributed by atoms with Gasteiger partial charge in [0.1, 0.15) is 0 Å². The number of guanidine groups is 1. The number of piperidine rings is 1. The minimum Gasteiger partial charge on any atom is -0.356 e. The molecule has 2 N–H and O–H groups in total. The molecule has 0 aromatic carbocycles. The van der Waals surface area contributed by atoms with Crippen molar-refractivity contribution in [3.05, 3.63) is 30.1 Å². The molecule has 1 aromatic rings. The van der Waals surface area contributed by atoms with Gasteiger partial charge in [-0.1, -0.05) is 6.07 Å². The van der Waals surface area contributed by atoms with Crippen molar-refractivity contribution in [2.24, 2.45) is 4.99 Å². The van der Waals surface area contributed by atoms with Crippen molar-refractivity contribution in [3.8, 4) is 0 Å². The summed E-state index contributed by atoms with van der Waals surface area (Å²) in [4.78, 5) is 11.2. The van der Waals surface area contributed by atoms with E-state index in [4.69, 9.17) is 0 Å². The molecule has 2 heterocycles. The van der Waals surface area contributed by atoms with Gasteiger partial charge in [-0.25, -0.2) is 0 Å². The van der Waals surface area contributed by atoms with Crippen LogP contribution in [0.1, 0.15) is 32.4 Å². The second kappa shape index (κ2) is 10.8. The van der Waals surface area contributed by atoms with Gasteiger partial charge in [0, 0.05) is 57.1 Å². The summed E-state index contributed by atoms with van der Waals surface area (Å²) in [5, 5.41) is 6.93. The lowest BCUT2D eigenvalue weighted by molar-refractivity contribution is 0.167. The quantitative estimate of drug-likeness (QED) is 0.427. The number of aromatic nitrogens is 1. The van der Waals surface area contributed by atoms with Crippen molar-refractivity contribution in [1.29, 1.82) is 0 Å². The Bertz CT molecular complexity index is 455. The van der Waals surface area contributed by atoms with E-state index >= 15 is 0 Å². The number of pyridine rings is 1. The Labute approximate surface area is 157 Å². The van der Waals surface area contributed by atoms with Crippen molar-refractivity contribution in [2.45, 2.75) is 45.2 Å². The molecule has 0 atom stereocenters. The van der Waals surface area contributed by atoms with Crippen LogP contribution < -0.4 is 10.6 Å². The van der Waals surface area contributed by atoms with Gasteiger partial charge in [-0.3, -0.25) is 9.98 Å². The summed E-state index contributed by atoms with van der Waals surface area (Å²) >= 11 is 0. The number of hydrogen-bond acceptors (Lipinski definition) is 3. The molecule has 23 heavy (non-hydrogen) atoms. The van der Waals surface area contributed by atoms with Gasteiger partial charge in [0.25, 0.3) is 0 Å². The number of rotatable bonds is 5. The minimum atomic E-state index is 0. The Hall–Kier alpha value is -0.890. The molecule has 0 bridgehead atoms. The van der Waals surface area contributed by atoms with Crippen LogP contribution in [0.15, 0.2) is 29.4 Å². The third-order valence-electron chi connectivity index (χ3n) is 4.22. The topological polar surface area (TPSA) is 52.6 Å². The molecular weight excluding hydrogens is 401 g/mol. The van der Waals surface area contributed by atoms with E-state index in [2.05, 4.69) is 45.4 Å². The van der Waals surface area contributed by atoms with E-state index in [1.165, 1.54) is 25.9 Å². The van der Waals surface area contributed by atoms with Gasteiger partial charge < -0.3 is 15.5 Å². The molecule has 5 nitrogen and oxygen atoms in total. The minimum absolute atomic E-state index is 0. The number of hydrogen-bond donors (Lipinski definition) is 2. The van der Waals surface area contributed by atoms with Crippen LogP contribution in [0, 0.1) is 0 Å². The number of likely N-dealkylation sites (tertiary alicyclic amines) is 1. The molecule has 1 aliphatic heterocycles. The fraction of sp³-hybridized carbons (Fsp3) is 0.647. The van der Waals surface area contributed by atoms with E-state index in [0.717, 1.165) is 24.6 Å². The summed E-state index contributed by atoms with van der Waals surface area (Å²) < 4.78 is 0. The standard InChI is InChI=1S/C17H29N5.HI/c1-14(2)22-12-8-16(9-13-22)21-17(18-3)20-11-7-15-6-4-5-10-19-15;/h4-6,10,14,16H,7-9,11-13H2,1-3H3,(H2,18,20,21);1H. The Morgan fingerprint density at radius 2 is 2.09 bits per heavy atom. The zero-order chi connectivity index (χ0) is 15.8. The van der Waals surface area contributed by atoms with Crippen LogP contribution in [-0.4, -0.2) is 54.6 Å². The summed E-state index contributed by atoms with van der Waals surface area (Å²) in [5.41, 5.74) is 1.11. The van der Waals surface area contributed by atoms with Crippen molar-refractivity contribution < 1.29 is 0 Å². The molecule has 0 unspecified atom stereocenters. The van der Waals surface area contributed by atoms with Gasteiger partial charge in [-0.15, -0.1) is 24.0 Å². The normalized spacial score (nSPS) is 17.0. The Morgan fingerprint density at radius 1 is 1.35 bits per heavy atom. The summed E-state index contributed by atoms with van der Waals surface area (Å²) in [6.45, 7) is 7.72. The van der Waals surface area contributed by atoms with Gasteiger partial charge in [-0.2, -0.15) is 0 Å². The molecule has 0 radical (unpaired) electrons. The first-order chi connectivity index (χ1) is 10.7. The third kappa shape index (κ3) is 7.03. The first kappa shape index (κ1) is 20.2. The molecular formula is C17H30IN5. The maximum Gasteiger partial charge on any atom is 0.191 e. The fourth-order valence-electron chi connectivity index (χ4n) is 2.80. The predicted molar refractivity (Wildman–Crippen MR) is 108 cm³/mol. The van der Waals surface area contributed by atoms with Crippen LogP contribution in [0.5, 0.6) is 0 Å². The van der Waals surface area contributed by atoms with E-state index in [1.54, 1.807) is 0 Å². The van der Waals surface area contributed by atoms with Crippen LogP contribution in [0.25, 0.3) is 0 Å². The van der Waals surface area contributed by atoms with Crippen LogP contribution >= 0.6 is 24.0 Å². The highest BCUT2D eigenvalue weighted by Crippen LogP contribution is 2.12. The van der Waals surface area contributed by atoms with E-state index in [9.17, 15) is 0 Å². The monoisotopic (exact) mass is 431 g/mol. The summed E-state index contributed by atoms with van der Waals surface area (Å²) in [5.74, 6) is 0.902. The predicted octanol–water partition coefficient (Wildman–Crippen LogP) is 2.28. The number of aliphatic imine (C=N–C) groups is 1. The first-order valence-electron chi connectivity index (χ1n) is 8.30. The van der Waals surface area contributed by atoms with E-state index < -0.39 is 0 Å². The Kier molecular flexibility index (Phi) is 9.47. The van der Waals surface area contributed by atoms with Gasteiger partial charge in [-0.05, 0) is 38.8 Å². The lowest BCUT2D eigenvalue weighted by Gasteiger charge is -2.35. The molecule has 130 valence electrons. The first-order valence-corrected chi connectivity index (χ1v) is 8.30. The van der Waals surface area contributed by atoms with Crippen molar-refractivity contribution >= 4 is 29.9 Å². The molecule has 0 aliphatic carbocycles. The molecule has 1 aliphatic rings. The average Bonchev–Trinajstić information content (AvgIpc) is 2.55. The molecule has 0 saturated carbocycles. The maximum absolute atomic E-state index is 4.34. The molecule has 0 amide bonds. The number of nitrogens with one attached hydrogen (secondary N) is 2. The smallest absolute Gasteiger partial charge is 0.191 e. The van der Waals surface area contributed by atoms with Gasteiger partial charge in [0.2, 0.25) is 0 Å². The van der Waals surface area contributed by atoms with Crippen LogP contribution in [-0.2, 0) is 6.42 Å². The SMILES string of the molecule is CN=C(NCCc1ccccn1)NC1CCN(C(C)C)CC1.I.